The van der Waals surface area contributed by atoms with Crippen molar-refractivity contribution in [2.24, 2.45) is 0 Å². The number of fused-ring (bicyclic) bond motifs is 1. The minimum absolute atomic E-state index is 0.131. The van der Waals surface area contributed by atoms with Gasteiger partial charge in [-0.2, -0.15) is 5.26 Å². The highest BCUT2D eigenvalue weighted by atomic mass is 16.7. The Labute approximate surface area is 80.7 Å². The van der Waals surface area contributed by atoms with Gasteiger partial charge in [-0.25, -0.2) is 0 Å². The SMILES string of the molecule is N#CCC(=O)c1cccc2c1OCO2. The first-order chi connectivity index (χ1) is 6.83. The van der Waals surface area contributed by atoms with Gasteiger partial charge in [0.2, 0.25) is 6.79 Å². The minimum Gasteiger partial charge on any atom is -0.454 e. The molecular weight excluding hydrogens is 182 g/mol. The fraction of sp³-hybridized carbons (Fsp3) is 0.200. The zero-order valence-corrected chi connectivity index (χ0v) is 7.32. The summed E-state index contributed by atoms with van der Waals surface area (Å²) in [5, 5.41) is 8.40. The summed E-state index contributed by atoms with van der Waals surface area (Å²) in [6.45, 7) is 0.131. The van der Waals surface area contributed by atoms with Crippen molar-refractivity contribution in [2.75, 3.05) is 6.79 Å². The monoisotopic (exact) mass is 189 g/mol. The molecule has 1 aromatic rings. The van der Waals surface area contributed by atoms with Crippen molar-refractivity contribution in [3.05, 3.63) is 23.8 Å². The third-order valence-corrected chi connectivity index (χ3v) is 1.94. The molecule has 1 aliphatic rings. The average Bonchev–Trinajstić information content (AvgIpc) is 2.65. The maximum absolute atomic E-state index is 11.4. The summed E-state index contributed by atoms with van der Waals surface area (Å²) in [5.74, 6) is 0.774. The van der Waals surface area contributed by atoms with Crippen molar-refractivity contribution >= 4 is 5.78 Å². The molecule has 0 atom stereocenters. The predicted molar refractivity (Wildman–Crippen MR) is 47.1 cm³/mol. The number of carbonyl (C=O) groups is 1. The lowest BCUT2D eigenvalue weighted by atomic mass is 10.1. The van der Waals surface area contributed by atoms with Crippen LogP contribution in [0.5, 0.6) is 11.5 Å². The Kier molecular flexibility index (Phi) is 2.07. The van der Waals surface area contributed by atoms with Gasteiger partial charge in [0.15, 0.2) is 17.3 Å². The second kappa shape index (κ2) is 3.38. The van der Waals surface area contributed by atoms with Crippen molar-refractivity contribution in [3.8, 4) is 17.6 Å². The van der Waals surface area contributed by atoms with E-state index in [1.807, 2.05) is 6.07 Å². The molecule has 0 saturated carbocycles. The number of ketones is 1. The fourth-order valence-electron chi connectivity index (χ4n) is 1.32. The molecule has 70 valence electrons. The van der Waals surface area contributed by atoms with E-state index in [9.17, 15) is 4.79 Å². The number of carbonyl (C=O) groups excluding carboxylic acids is 1. The summed E-state index contributed by atoms with van der Waals surface area (Å²) in [5.41, 5.74) is 0.418. The van der Waals surface area contributed by atoms with Crippen molar-refractivity contribution in [3.63, 3.8) is 0 Å². The number of rotatable bonds is 2. The molecular formula is C10H7NO3. The quantitative estimate of drug-likeness (QED) is 0.661. The molecule has 0 aliphatic carbocycles. The number of ether oxygens (including phenoxy) is 2. The molecule has 0 spiro atoms. The Morgan fingerprint density at radius 3 is 3.14 bits per heavy atom. The largest absolute Gasteiger partial charge is 0.454 e. The Morgan fingerprint density at radius 1 is 1.50 bits per heavy atom. The lowest BCUT2D eigenvalue weighted by molar-refractivity contribution is 0.0993. The van der Waals surface area contributed by atoms with E-state index in [4.69, 9.17) is 14.7 Å². The second-order valence-corrected chi connectivity index (χ2v) is 2.80. The lowest BCUT2D eigenvalue weighted by Gasteiger charge is -2.01. The van der Waals surface area contributed by atoms with E-state index in [-0.39, 0.29) is 19.0 Å². The van der Waals surface area contributed by atoms with Crippen LogP contribution in [0.1, 0.15) is 16.8 Å². The zero-order chi connectivity index (χ0) is 9.97. The summed E-state index contributed by atoms with van der Waals surface area (Å²) in [6, 6.07) is 6.88. The topological polar surface area (TPSA) is 59.3 Å². The van der Waals surface area contributed by atoms with Crippen LogP contribution >= 0.6 is 0 Å². The Balaban J connectivity index is 2.40. The van der Waals surface area contributed by atoms with Gasteiger partial charge in [0.1, 0.15) is 0 Å². The molecule has 0 radical (unpaired) electrons. The molecule has 0 N–H and O–H groups in total. The van der Waals surface area contributed by atoms with Crippen LogP contribution < -0.4 is 9.47 Å². The first-order valence-corrected chi connectivity index (χ1v) is 4.11. The van der Waals surface area contributed by atoms with Gasteiger partial charge < -0.3 is 9.47 Å². The lowest BCUT2D eigenvalue weighted by Crippen LogP contribution is -2.00. The Bertz CT molecular complexity index is 420. The molecule has 14 heavy (non-hydrogen) atoms. The van der Waals surface area contributed by atoms with E-state index in [2.05, 4.69) is 0 Å². The number of hydrogen-bond acceptors (Lipinski definition) is 4. The second-order valence-electron chi connectivity index (χ2n) is 2.80. The highest BCUT2D eigenvalue weighted by Gasteiger charge is 2.20. The maximum Gasteiger partial charge on any atom is 0.231 e. The standard InChI is InChI=1S/C10H7NO3/c11-5-4-8(12)7-2-1-3-9-10(7)14-6-13-9/h1-3H,4,6H2. The number of hydrogen-bond donors (Lipinski definition) is 0. The van der Waals surface area contributed by atoms with E-state index >= 15 is 0 Å². The van der Waals surface area contributed by atoms with Gasteiger partial charge in [-0.05, 0) is 12.1 Å². The van der Waals surface area contributed by atoms with Crippen molar-refractivity contribution in [1.29, 1.82) is 5.26 Å². The van der Waals surface area contributed by atoms with Crippen molar-refractivity contribution < 1.29 is 14.3 Å². The molecule has 4 heteroatoms. The van der Waals surface area contributed by atoms with Gasteiger partial charge in [-0.3, -0.25) is 4.79 Å². The molecule has 1 aliphatic heterocycles. The summed E-state index contributed by atoms with van der Waals surface area (Å²) >= 11 is 0. The molecule has 0 amide bonds. The van der Waals surface area contributed by atoms with Gasteiger partial charge in [0.25, 0.3) is 0 Å². The highest BCUT2D eigenvalue weighted by molar-refractivity contribution is 6.00. The summed E-state index contributed by atoms with van der Waals surface area (Å²) < 4.78 is 10.3. The number of benzene rings is 1. The molecule has 2 rings (SSSR count). The summed E-state index contributed by atoms with van der Waals surface area (Å²) in [7, 11) is 0. The molecule has 1 aromatic carbocycles. The van der Waals surface area contributed by atoms with Gasteiger partial charge >= 0.3 is 0 Å². The van der Waals surface area contributed by atoms with E-state index in [0.717, 1.165) is 0 Å². The van der Waals surface area contributed by atoms with Crippen LogP contribution in [0.25, 0.3) is 0 Å². The van der Waals surface area contributed by atoms with Crippen molar-refractivity contribution in [2.45, 2.75) is 6.42 Å². The number of nitrogens with zero attached hydrogens (tertiary/aromatic N) is 1. The van der Waals surface area contributed by atoms with E-state index < -0.39 is 0 Å². The average molecular weight is 189 g/mol. The van der Waals surface area contributed by atoms with Gasteiger partial charge in [-0.15, -0.1) is 0 Å². The molecule has 4 nitrogen and oxygen atoms in total. The van der Waals surface area contributed by atoms with Gasteiger partial charge in [0.05, 0.1) is 18.1 Å². The van der Waals surface area contributed by atoms with E-state index in [1.165, 1.54) is 0 Å². The van der Waals surface area contributed by atoms with Gasteiger partial charge in [0, 0.05) is 0 Å². The third-order valence-electron chi connectivity index (χ3n) is 1.94. The van der Waals surface area contributed by atoms with Crippen LogP contribution in [-0.4, -0.2) is 12.6 Å². The highest BCUT2D eigenvalue weighted by Crippen LogP contribution is 2.35. The van der Waals surface area contributed by atoms with E-state index in [0.29, 0.717) is 17.1 Å². The van der Waals surface area contributed by atoms with Crippen LogP contribution in [0, 0.1) is 11.3 Å². The number of para-hydroxylation sites is 1. The van der Waals surface area contributed by atoms with Crippen LogP contribution in [0.2, 0.25) is 0 Å². The van der Waals surface area contributed by atoms with Crippen LogP contribution in [0.4, 0.5) is 0 Å². The summed E-state index contributed by atoms with van der Waals surface area (Å²) in [4.78, 5) is 11.4. The fourth-order valence-corrected chi connectivity index (χ4v) is 1.32. The minimum atomic E-state index is -0.241. The van der Waals surface area contributed by atoms with Gasteiger partial charge in [-0.1, -0.05) is 6.07 Å². The van der Waals surface area contributed by atoms with Crippen LogP contribution in [-0.2, 0) is 0 Å². The molecule has 0 unspecified atom stereocenters. The first-order valence-electron chi connectivity index (χ1n) is 4.11. The molecule has 0 aromatic heterocycles. The van der Waals surface area contributed by atoms with Crippen LogP contribution in [0.3, 0.4) is 0 Å². The smallest absolute Gasteiger partial charge is 0.231 e. The van der Waals surface area contributed by atoms with E-state index in [1.54, 1.807) is 18.2 Å². The molecule has 0 saturated heterocycles. The number of nitriles is 1. The molecule has 1 heterocycles. The molecule has 0 bridgehead atoms. The number of Topliss-reactive ketones (excluding diaryl/α,β-unsaturated/α-hetero) is 1. The summed E-state index contributed by atoms with van der Waals surface area (Å²) in [6.07, 6.45) is -0.139. The Morgan fingerprint density at radius 2 is 2.36 bits per heavy atom. The molecule has 0 fully saturated rings. The Hall–Kier alpha value is -2.02. The maximum atomic E-state index is 11.4. The first kappa shape index (κ1) is 8.57. The van der Waals surface area contributed by atoms with Crippen LogP contribution in [0.15, 0.2) is 18.2 Å². The van der Waals surface area contributed by atoms with Crippen molar-refractivity contribution in [1.82, 2.24) is 0 Å². The normalized spacial score (nSPS) is 12.2. The zero-order valence-electron chi connectivity index (χ0n) is 7.32. The predicted octanol–water partition coefficient (Wildman–Crippen LogP) is 1.51. The third kappa shape index (κ3) is 1.29.